The lowest BCUT2D eigenvalue weighted by Crippen LogP contribution is -2.25. The summed E-state index contributed by atoms with van der Waals surface area (Å²) in [6, 6.07) is 6.36. The van der Waals surface area contributed by atoms with Crippen LogP contribution in [0.3, 0.4) is 0 Å². The van der Waals surface area contributed by atoms with Gasteiger partial charge in [-0.15, -0.1) is 0 Å². The van der Waals surface area contributed by atoms with Gasteiger partial charge < -0.3 is 5.32 Å². The Labute approximate surface area is 110 Å². The van der Waals surface area contributed by atoms with E-state index < -0.39 is 0 Å². The molecule has 4 heteroatoms. The number of unbranched alkanes of at least 4 members (excludes halogenated alkanes) is 1. The van der Waals surface area contributed by atoms with Crippen molar-refractivity contribution in [3.63, 3.8) is 0 Å². The monoisotopic (exact) mass is 301 g/mol. The first-order valence-electron chi connectivity index (χ1n) is 5.79. The van der Waals surface area contributed by atoms with Gasteiger partial charge in [0.1, 0.15) is 5.82 Å². The fraction of sp³-hybridized carbons (Fsp3) is 0.462. The van der Waals surface area contributed by atoms with Gasteiger partial charge in [0.15, 0.2) is 0 Å². The molecule has 1 amide bonds. The van der Waals surface area contributed by atoms with E-state index in [-0.39, 0.29) is 11.7 Å². The second-order valence-corrected chi connectivity index (χ2v) is 4.67. The first kappa shape index (κ1) is 14.2. The molecule has 0 aromatic heterocycles. The van der Waals surface area contributed by atoms with Crippen molar-refractivity contribution in [1.82, 2.24) is 5.32 Å². The van der Waals surface area contributed by atoms with Crippen LogP contribution in [0.1, 0.15) is 24.8 Å². The SMILES string of the molecule is O=C(CCCCBr)NCCc1ccc(F)cc1. The van der Waals surface area contributed by atoms with Crippen molar-refractivity contribution in [2.24, 2.45) is 0 Å². The highest BCUT2D eigenvalue weighted by Gasteiger charge is 2.00. The van der Waals surface area contributed by atoms with E-state index in [1.165, 1.54) is 12.1 Å². The van der Waals surface area contributed by atoms with Crippen molar-refractivity contribution in [3.8, 4) is 0 Å². The summed E-state index contributed by atoms with van der Waals surface area (Å²) in [5, 5.41) is 3.80. The number of benzene rings is 1. The third-order valence-corrected chi connectivity index (χ3v) is 3.00. The van der Waals surface area contributed by atoms with Crippen molar-refractivity contribution >= 4 is 21.8 Å². The minimum absolute atomic E-state index is 0.0908. The standard InChI is InChI=1S/C13H17BrFNO/c14-9-2-1-3-13(17)16-10-8-11-4-6-12(15)7-5-11/h4-7H,1-3,8-10H2,(H,16,17). The van der Waals surface area contributed by atoms with Gasteiger partial charge in [0.2, 0.25) is 5.91 Å². The maximum atomic E-state index is 12.6. The summed E-state index contributed by atoms with van der Waals surface area (Å²) in [5.74, 6) is -0.138. The van der Waals surface area contributed by atoms with Crippen molar-refractivity contribution in [3.05, 3.63) is 35.6 Å². The number of carbonyl (C=O) groups excluding carboxylic acids is 1. The van der Waals surface area contributed by atoms with Crippen LogP contribution in [0.4, 0.5) is 4.39 Å². The molecule has 0 aliphatic rings. The molecule has 0 atom stereocenters. The van der Waals surface area contributed by atoms with Gasteiger partial charge in [-0.1, -0.05) is 28.1 Å². The predicted octanol–water partition coefficient (Wildman–Crippen LogP) is 3.05. The van der Waals surface area contributed by atoms with E-state index in [4.69, 9.17) is 0 Å². The second kappa shape index (κ2) is 8.23. The van der Waals surface area contributed by atoms with E-state index in [9.17, 15) is 9.18 Å². The number of rotatable bonds is 7. The molecular weight excluding hydrogens is 285 g/mol. The molecular formula is C13H17BrFNO. The van der Waals surface area contributed by atoms with E-state index in [2.05, 4.69) is 21.2 Å². The summed E-state index contributed by atoms with van der Waals surface area (Å²) < 4.78 is 12.6. The summed E-state index contributed by atoms with van der Waals surface area (Å²) in [6.07, 6.45) is 3.25. The number of amides is 1. The second-order valence-electron chi connectivity index (χ2n) is 3.87. The summed E-state index contributed by atoms with van der Waals surface area (Å²) in [7, 11) is 0. The van der Waals surface area contributed by atoms with Crippen molar-refractivity contribution < 1.29 is 9.18 Å². The van der Waals surface area contributed by atoms with E-state index in [1.807, 2.05) is 0 Å². The Kier molecular flexibility index (Phi) is 6.86. The minimum atomic E-state index is -0.229. The zero-order valence-corrected chi connectivity index (χ0v) is 11.3. The molecule has 0 spiro atoms. The molecule has 1 N–H and O–H groups in total. The first-order chi connectivity index (χ1) is 8.22. The van der Waals surface area contributed by atoms with E-state index in [0.29, 0.717) is 13.0 Å². The Bertz CT molecular complexity index is 340. The lowest BCUT2D eigenvalue weighted by molar-refractivity contribution is -0.121. The average Bonchev–Trinajstić information content (AvgIpc) is 2.32. The maximum Gasteiger partial charge on any atom is 0.220 e. The molecule has 0 unspecified atom stereocenters. The quantitative estimate of drug-likeness (QED) is 0.609. The van der Waals surface area contributed by atoms with E-state index in [1.54, 1.807) is 12.1 Å². The zero-order valence-electron chi connectivity index (χ0n) is 9.72. The van der Waals surface area contributed by atoms with Crippen LogP contribution in [0.2, 0.25) is 0 Å². The Balaban J connectivity index is 2.14. The summed E-state index contributed by atoms with van der Waals surface area (Å²) >= 11 is 3.33. The van der Waals surface area contributed by atoms with Crippen molar-refractivity contribution in [2.75, 3.05) is 11.9 Å². The molecule has 0 heterocycles. The molecule has 0 radical (unpaired) electrons. The van der Waals surface area contributed by atoms with Crippen LogP contribution in [0.15, 0.2) is 24.3 Å². The molecule has 1 aromatic rings. The Morgan fingerprint density at radius 1 is 1.24 bits per heavy atom. The third kappa shape index (κ3) is 6.41. The fourth-order valence-corrected chi connectivity index (χ4v) is 1.86. The fourth-order valence-electron chi connectivity index (χ4n) is 1.47. The highest BCUT2D eigenvalue weighted by molar-refractivity contribution is 9.09. The summed E-state index contributed by atoms with van der Waals surface area (Å²) in [5.41, 5.74) is 1.03. The van der Waals surface area contributed by atoms with Crippen LogP contribution >= 0.6 is 15.9 Å². The zero-order chi connectivity index (χ0) is 12.5. The van der Waals surface area contributed by atoms with Crippen LogP contribution in [-0.2, 0) is 11.2 Å². The minimum Gasteiger partial charge on any atom is -0.356 e. The largest absolute Gasteiger partial charge is 0.356 e. The first-order valence-corrected chi connectivity index (χ1v) is 6.91. The summed E-state index contributed by atoms with van der Waals surface area (Å²) in [6.45, 7) is 0.610. The maximum absolute atomic E-state index is 12.6. The molecule has 1 aromatic carbocycles. The number of alkyl halides is 1. The molecule has 0 saturated heterocycles. The highest BCUT2D eigenvalue weighted by Crippen LogP contribution is 2.03. The lowest BCUT2D eigenvalue weighted by Gasteiger charge is -2.05. The van der Waals surface area contributed by atoms with Crippen LogP contribution in [0.5, 0.6) is 0 Å². The smallest absolute Gasteiger partial charge is 0.220 e. The molecule has 2 nitrogen and oxygen atoms in total. The molecule has 0 bridgehead atoms. The number of carbonyl (C=O) groups is 1. The van der Waals surface area contributed by atoms with Crippen LogP contribution in [0.25, 0.3) is 0 Å². The molecule has 0 aliphatic carbocycles. The molecule has 0 saturated carbocycles. The van der Waals surface area contributed by atoms with Gasteiger partial charge >= 0.3 is 0 Å². The highest BCUT2D eigenvalue weighted by atomic mass is 79.9. The van der Waals surface area contributed by atoms with Crippen LogP contribution in [0, 0.1) is 5.82 Å². The number of hydrogen-bond acceptors (Lipinski definition) is 1. The van der Waals surface area contributed by atoms with Gasteiger partial charge in [0, 0.05) is 18.3 Å². The lowest BCUT2D eigenvalue weighted by atomic mass is 10.1. The van der Waals surface area contributed by atoms with Gasteiger partial charge in [-0.2, -0.15) is 0 Å². The Hall–Kier alpha value is -0.900. The molecule has 0 fully saturated rings. The normalized spacial score (nSPS) is 10.2. The molecule has 94 valence electrons. The van der Waals surface area contributed by atoms with Crippen LogP contribution < -0.4 is 5.32 Å². The number of nitrogens with one attached hydrogen (secondary N) is 1. The predicted molar refractivity (Wildman–Crippen MR) is 70.8 cm³/mol. The van der Waals surface area contributed by atoms with E-state index >= 15 is 0 Å². The van der Waals surface area contributed by atoms with Gasteiger partial charge in [-0.3, -0.25) is 4.79 Å². The van der Waals surface area contributed by atoms with Gasteiger partial charge in [-0.25, -0.2) is 4.39 Å². The van der Waals surface area contributed by atoms with Crippen molar-refractivity contribution in [1.29, 1.82) is 0 Å². The van der Waals surface area contributed by atoms with E-state index in [0.717, 1.165) is 30.2 Å². The number of hydrogen-bond donors (Lipinski definition) is 1. The molecule has 1 rings (SSSR count). The summed E-state index contributed by atoms with van der Waals surface area (Å²) in [4.78, 5) is 11.4. The number of halogens is 2. The molecule has 0 aliphatic heterocycles. The van der Waals surface area contributed by atoms with Gasteiger partial charge in [-0.05, 0) is 37.0 Å². The Morgan fingerprint density at radius 3 is 2.59 bits per heavy atom. The van der Waals surface area contributed by atoms with Crippen molar-refractivity contribution in [2.45, 2.75) is 25.7 Å². The third-order valence-electron chi connectivity index (χ3n) is 2.44. The molecule has 17 heavy (non-hydrogen) atoms. The average molecular weight is 302 g/mol. The van der Waals surface area contributed by atoms with Gasteiger partial charge in [0.05, 0.1) is 0 Å². The topological polar surface area (TPSA) is 29.1 Å². The van der Waals surface area contributed by atoms with Crippen LogP contribution in [-0.4, -0.2) is 17.8 Å². The van der Waals surface area contributed by atoms with Gasteiger partial charge in [0.25, 0.3) is 0 Å². The Morgan fingerprint density at radius 2 is 1.94 bits per heavy atom.